The first-order valence-electron chi connectivity index (χ1n) is 6.14. The van der Waals surface area contributed by atoms with Gasteiger partial charge in [0.2, 0.25) is 0 Å². The zero-order valence-electron chi connectivity index (χ0n) is 11.3. The summed E-state index contributed by atoms with van der Waals surface area (Å²) in [5, 5.41) is -4.10. The fourth-order valence-electron chi connectivity index (χ4n) is 1.59. The molecule has 0 aromatic rings. The molecule has 0 bridgehead atoms. The first-order chi connectivity index (χ1) is 7.81. The summed E-state index contributed by atoms with van der Waals surface area (Å²) in [6.07, 6.45) is 6.17. The molecule has 0 rings (SSSR count). The Bertz CT molecular complexity index is 295. The Balaban J connectivity index is 0. The van der Waals surface area contributed by atoms with Gasteiger partial charge < -0.3 is 4.55 Å². The molecule has 0 unspecified atom stereocenters. The molecule has 0 aliphatic rings. The predicted molar refractivity (Wildman–Crippen MR) is 61.9 cm³/mol. The van der Waals surface area contributed by atoms with Crippen LogP contribution in [0.3, 0.4) is 0 Å². The van der Waals surface area contributed by atoms with E-state index in [0.29, 0.717) is 6.42 Å². The quantitative estimate of drug-likeness (QED) is 0.335. The minimum Gasteiger partial charge on any atom is -0.743 e. The molecule has 7 heteroatoms. The van der Waals surface area contributed by atoms with Crippen LogP contribution >= 0.6 is 0 Å². The maximum Gasteiger partial charge on any atom is 1.00 e. The van der Waals surface area contributed by atoms with Gasteiger partial charge in [-0.2, -0.15) is 8.78 Å². The molecule has 0 N–H and O–H groups in total. The van der Waals surface area contributed by atoms with E-state index in [4.69, 9.17) is 0 Å². The standard InChI is InChI=1S/C11H22F2O3S.Li/c1-2-3-4-5-6-7-8-9-10-11(12,13)17(14,15)16;/h2-10H2,1H3,(H,14,15,16);/q;+1/p-1. The van der Waals surface area contributed by atoms with Gasteiger partial charge in [-0.05, 0) is 6.42 Å². The van der Waals surface area contributed by atoms with Crippen LogP contribution in [-0.4, -0.2) is 18.2 Å². The average Bonchev–Trinajstić information content (AvgIpc) is 2.20. The summed E-state index contributed by atoms with van der Waals surface area (Å²) in [6, 6.07) is 0. The van der Waals surface area contributed by atoms with Crippen LogP contribution in [0.5, 0.6) is 0 Å². The molecule has 0 saturated carbocycles. The van der Waals surface area contributed by atoms with Crippen molar-refractivity contribution >= 4 is 10.1 Å². The van der Waals surface area contributed by atoms with E-state index < -0.39 is 21.8 Å². The van der Waals surface area contributed by atoms with E-state index in [2.05, 4.69) is 6.92 Å². The summed E-state index contributed by atoms with van der Waals surface area (Å²) >= 11 is 0. The third-order valence-corrected chi connectivity index (χ3v) is 3.62. The van der Waals surface area contributed by atoms with Crippen molar-refractivity contribution in [1.82, 2.24) is 0 Å². The van der Waals surface area contributed by atoms with Crippen LogP contribution in [0.2, 0.25) is 0 Å². The first-order valence-corrected chi connectivity index (χ1v) is 7.55. The molecule has 18 heavy (non-hydrogen) atoms. The van der Waals surface area contributed by atoms with E-state index in [1.54, 1.807) is 0 Å². The Kier molecular flexibility index (Phi) is 11.7. The largest absolute Gasteiger partial charge is 1.00 e. The minimum absolute atomic E-state index is 0. The van der Waals surface area contributed by atoms with Crippen molar-refractivity contribution in [1.29, 1.82) is 0 Å². The van der Waals surface area contributed by atoms with E-state index in [-0.39, 0.29) is 25.3 Å². The van der Waals surface area contributed by atoms with E-state index in [0.717, 1.165) is 32.1 Å². The van der Waals surface area contributed by atoms with Crippen molar-refractivity contribution in [3.05, 3.63) is 0 Å². The van der Waals surface area contributed by atoms with E-state index in [1.807, 2.05) is 0 Å². The van der Waals surface area contributed by atoms with Crippen LogP contribution in [0.1, 0.15) is 64.7 Å². The van der Waals surface area contributed by atoms with Gasteiger partial charge in [-0.15, -0.1) is 0 Å². The van der Waals surface area contributed by atoms with Crippen molar-refractivity contribution in [3.8, 4) is 0 Å². The number of hydrogen-bond donors (Lipinski definition) is 0. The monoisotopic (exact) mass is 278 g/mol. The van der Waals surface area contributed by atoms with Crippen LogP contribution in [0.25, 0.3) is 0 Å². The summed E-state index contributed by atoms with van der Waals surface area (Å²) in [4.78, 5) is 0. The van der Waals surface area contributed by atoms with Crippen LogP contribution < -0.4 is 18.9 Å². The second-order valence-corrected chi connectivity index (χ2v) is 5.82. The van der Waals surface area contributed by atoms with Crippen LogP contribution in [0, 0.1) is 0 Å². The molecule has 0 radical (unpaired) electrons. The number of halogens is 2. The van der Waals surface area contributed by atoms with Crippen LogP contribution in [-0.2, 0) is 10.1 Å². The van der Waals surface area contributed by atoms with Crippen LogP contribution in [0.15, 0.2) is 0 Å². The first kappa shape index (κ1) is 20.7. The Hall–Kier alpha value is 0.367. The molecule has 0 aliphatic heterocycles. The molecule has 0 spiro atoms. The summed E-state index contributed by atoms with van der Waals surface area (Å²) in [5.74, 6) is 0. The molecule has 0 amide bonds. The van der Waals surface area contributed by atoms with Crippen molar-refractivity contribution in [2.45, 2.75) is 70.0 Å². The summed E-state index contributed by atoms with van der Waals surface area (Å²) < 4.78 is 56.0. The fraction of sp³-hybridized carbons (Fsp3) is 1.00. The van der Waals surface area contributed by atoms with E-state index in [9.17, 15) is 21.8 Å². The normalized spacial score (nSPS) is 12.2. The van der Waals surface area contributed by atoms with Gasteiger partial charge in [0.1, 0.15) is 0 Å². The van der Waals surface area contributed by atoms with Gasteiger partial charge in [-0.1, -0.05) is 51.9 Å². The van der Waals surface area contributed by atoms with Crippen LogP contribution in [0.4, 0.5) is 8.78 Å². The van der Waals surface area contributed by atoms with Crippen molar-refractivity contribution in [2.75, 3.05) is 0 Å². The molecule has 3 nitrogen and oxygen atoms in total. The Morgan fingerprint density at radius 1 is 0.944 bits per heavy atom. The molecule has 0 heterocycles. The predicted octanol–water partition coefficient (Wildman–Crippen LogP) is 0.659. The molecule has 0 fully saturated rings. The third kappa shape index (κ3) is 9.32. The van der Waals surface area contributed by atoms with E-state index in [1.165, 1.54) is 6.42 Å². The molecule has 0 aromatic heterocycles. The van der Waals surface area contributed by atoms with Gasteiger partial charge >= 0.3 is 24.1 Å². The molecule has 0 atom stereocenters. The maximum atomic E-state index is 12.7. The Labute approximate surface area is 121 Å². The average molecular weight is 278 g/mol. The SMILES string of the molecule is CCCCCCCCCCC(F)(F)S(=O)(=O)[O-].[Li+]. The minimum atomic E-state index is -5.49. The molecular weight excluding hydrogens is 257 g/mol. The molecular formula is C11H21F2LiO3S. The number of alkyl halides is 2. The van der Waals surface area contributed by atoms with Gasteiger partial charge in [0.15, 0.2) is 10.1 Å². The van der Waals surface area contributed by atoms with Crippen molar-refractivity contribution in [3.63, 3.8) is 0 Å². The molecule has 0 saturated heterocycles. The summed E-state index contributed by atoms with van der Waals surface area (Å²) in [6.45, 7) is 2.12. The van der Waals surface area contributed by atoms with Gasteiger partial charge in [0, 0.05) is 6.42 Å². The van der Waals surface area contributed by atoms with Gasteiger partial charge in [0.05, 0.1) is 0 Å². The molecule has 104 valence electrons. The second-order valence-electron chi connectivity index (χ2n) is 4.32. The zero-order chi connectivity index (χ0) is 13.4. The number of unbranched alkanes of at least 4 members (excludes halogenated alkanes) is 7. The molecule has 0 aromatic carbocycles. The van der Waals surface area contributed by atoms with Crippen molar-refractivity contribution < 1.29 is 40.6 Å². The fourth-order valence-corrected chi connectivity index (χ4v) is 1.98. The van der Waals surface area contributed by atoms with E-state index >= 15 is 0 Å². The Morgan fingerprint density at radius 2 is 1.33 bits per heavy atom. The summed E-state index contributed by atoms with van der Waals surface area (Å²) in [7, 11) is -5.49. The third-order valence-electron chi connectivity index (χ3n) is 2.69. The zero-order valence-corrected chi connectivity index (χ0v) is 12.1. The maximum absolute atomic E-state index is 12.7. The number of rotatable bonds is 10. The second kappa shape index (κ2) is 10.2. The summed E-state index contributed by atoms with van der Waals surface area (Å²) in [5.41, 5.74) is 0. The van der Waals surface area contributed by atoms with Gasteiger partial charge in [-0.25, -0.2) is 8.42 Å². The van der Waals surface area contributed by atoms with Gasteiger partial charge in [-0.3, -0.25) is 0 Å². The molecule has 0 aliphatic carbocycles. The smallest absolute Gasteiger partial charge is 0.743 e. The topological polar surface area (TPSA) is 57.2 Å². The van der Waals surface area contributed by atoms with Crippen molar-refractivity contribution in [2.24, 2.45) is 0 Å². The number of hydrogen-bond acceptors (Lipinski definition) is 3. The Morgan fingerprint density at radius 3 is 1.72 bits per heavy atom. The van der Waals surface area contributed by atoms with Gasteiger partial charge in [0.25, 0.3) is 0 Å².